The predicted octanol–water partition coefficient (Wildman–Crippen LogP) is 4.17. The number of hydrogen-bond acceptors (Lipinski definition) is 6. The van der Waals surface area contributed by atoms with Crippen LogP contribution in [0.2, 0.25) is 0 Å². The minimum Gasteiger partial charge on any atom is -0.356 e. The quantitative estimate of drug-likeness (QED) is 0.553. The van der Waals surface area contributed by atoms with Crippen LogP contribution in [0.1, 0.15) is 25.5 Å². The summed E-state index contributed by atoms with van der Waals surface area (Å²) in [5.41, 5.74) is 3.05. The number of halogens is 1. The summed E-state index contributed by atoms with van der Waals surface area (Å²) in [7, 11) is 0. The lowest BCUT2D eigenvalue weighted by molar-refractivity contribution is 0.0696. The van der Waals surface area contributed by atoms with Crippen molar-refractivity contribution >= 4 is 33.5 Å². The van der Waals surface area contributed by atoms with Crippen molar-refractivity contribution in [2.45, 2.75) is 32.0 Å². The van der Waals surface area contributed by atoms with Gasteiger partial charge in [0.25, 0.3) is 0 Å². The topological polar surface area (TPSA) is 82.9 Å². The number of likely N-dealkylation sites (tertiary alicyclic amines) is 1. The Hall–Kier alpha value is -3.00. The average Bonchev–Trinajstić information content (AvgIpc) is 3.28. The number of aromatic nitrogens is 4. The van der Waals surface area contributed by atoms with Crippen LogP contribution in [0.15, 0.2) is 41.1 Å². The van der Waals surface area contributed by atoms with Crippen LogP contribution >= 0.6 is 0 Å². The van der Waals surface area contributed by atoms with Gasteiger partial charge in [-0.25, -0.2) is 4.39 Å². The summed E-state index contributed by atoms with van der Waals surface area (Å²) < 4.78 is 19.5. The molecule has 1 aromatic carbocycles. The molecule has 7 nitrogen and oxygen atoms in total. The van der Waals surface area contributed by atoms with Crippen LogP contribution in [0.3, 0.4) is 0 Å². The molecule has 8 heteroatoms. The second kappa shape index (κ2) is 6.56. The molecule has 1 saturated heterocycles. The molecular formula is C20H21FN6O. The fraction of sp³-hybridized carbons (Fsp3) is 0.350. The van der Waals surface area contributed by atoms with Crippen molar-refractivity contribution in [2.24, 2.45) is 0 Å². The van der Waals surface area contributed by atoms with E-state index < -0.39 is 5.67 Å². The van der Waals surface area contributed by atoms with E-state index in [-0.39, 0.29) is 0 Å². The molecule has 0 aliphatic carbocycles. The van der Waals surface area contributed by atoms with Crippen molar-refractivity contribution in [3.63, 3.8) is 0 Å². The number of rotatable bonds is 4. The minimum atomic E-state index is -1.05. The van der Waals surface area contributed by atoms with Gasteiger partial charge in [0.1, 0.15) is 16.9 Å². The first-order valence-corrected chi connectivity index (χ1v) is 9.43. The van der Waals surface area contributed by atoms with Gasteiger partial charge in [-0.1, -0.05) is 5.16 Å². The first kappa shape index (κ1) is 17.1. The Bertz CT molecular complexity index is 1120. The van der Waals surface area contributed by atoms with Crippen LogP contribution in [0.25, 0.3) is 22.0 Å². The van der Waals surface area contributed by atoms with Gasteiger partial charge in [-0.3, -0.25) is 15.0 Å². The molecule has 0 radical (unpaired) electrons. The molecule has 1 fully saturated rings. The third-order valence-electron chi connectivity index (χ3n) is 5.40. The van der Waals surface area contributed by atoms with Crippen molar-refractivity contribution in [2.75, 3.05) is 18.4 Å². The largest absolute Gasteiger partial charge is 0.356 e. The lowest BCUT2D eigenvalue weighted by atomic mass is 9.95. The van der Waals surface area contributed by atoms with Crippen LogP contribution < -0.4 is 5.32 Å². The Morgan fingerprint density at radius 1 is 1.29 bits per heavy atom. The standard InChI is InChI=1S/C20H21FN6O/c1-20(21)6-9-27(10-7-20)12-16-14-5-4-13(11-17(14)28-26-16)23-19-18-15(24-25-19)3-2-8-22-18/h2-5,8,11H,6-7,9-10,12H2,1H3,(H2,23,24,25). The van der Waals surface area contributed by atoms with Crippen LogP contribution in [-0.2, 0) is 6.54 Å². The monoisotopic (exact) mass is 380 g/mol. The summed E-state index contributed by atoms with van der Waals surface area (Å²) in [6.45, 7) is 3.83. The number of fused-ring (bicyclic) bond motifs is 2. The number of alkyl halides is 1. The zero-order chi connectivity index (χ0) is 19.1. The summed E-state index contributed by atoms with van der Waals surface area (Å²) in [4.78, 5) is 6.58. The first-order chi connectivity index (χ1) is 13.6. The fourth-order valence-corrected chi connectivity index (χ4v) is 3.65. The third kappa shape index (κ3) is 3.20. The Labute approximate surface area is 160 Å². The fourth-order valence-electron chi connectivity index (χ4n) is 3.65. The molecule has 0 unspecified atom stereocenters. The SMILES string of the molecule is CC1(F)CCN(Cc2noc3cc(Nc4n[nH]c5cccnc45)ccc23)CC1. The van der Waals surface area contributed by atoms with Crippen molar-refractivity contribution in [1.29, 1.82) is 0 Å². The summed E-state index contributed by atoms with van der Waals surface area (Å²) in [5.74, 6) is 0.664. The van der Waals surface area contributed by atoms with E-state index in [1.807, 2.05) is 30.3 Å². The van der Waals surface area contributed by atoms with Crippen molar-refractivity contribution in [1.82, 2.24) is 25.2 Å². The van der Waals surface area contributed by atoms with Crippen LogP contribution in [0, 0.1) is 0 Å². The molecule has 28 heavy (non-hydrogen) atoms. The van der Waals surface area contributed by atoms with E-state index in [0.717, 1.165) is 40.9 Å². The van der Waals surface area contributed by atoms with E-state index in [2.05, 4.69) is 30.6 Å². The van der Waals surface area contributed by atoms with Crippen molar-refractivity contribution < 1.29 is 8.91 Å². The van der Waals surface area contributed by atoms with Gasteiger partial charge >= 0.3 is 0 Å². The zero-order valence-corrected chi connectivity index (χ0v) is 15.6. The number of nitrogens with one attached hydrogen (secondary N) is 2. The van der Waals surface area contributed by atoms with Crippen LogP contribution in [0.5, 0.6) is 0 Å². The highest BCUT2D eigenvalue weighted by atomic mass is 19.1. The van der Waals surface area contributed by atoms with Gasteiger partial charge in [-0.15, -0.1) is 0 Å². The molecule has 2 N–H and O–H groups in total. The van der Waals surface area contributed by atoms with Gasteiger partial charge in [0.15, 0.2) is 11.4 Å². The van der Waals surface area contributed by atoms with Crippen molar-refractivity contribution in [3.8, 4) is 0 Å². The summed E-state index contributed by atoms with van der Waals surface area (Å²) >= 11 is 0. The Morgan fingerprint density at radius 3 is 3.00 bits per heavy atom. The molecule has 1 aliphatic heterocycles. The number of pyridine rings is 1. The molecule has 0 saturated carbocycles. The Morgan fingerprint density at radius 2 is 2.14 bits per heavy atom. The molecule has 5 rings (SSSR count). The van der Waals surface area contributed by atoms with E-state index in [0.29, 0.717) is 30.8 Å². The Kier molecular flexibility index (Phi) is 4.01. The van der Waals surface area contributed by atoms with Gasteiger partial charge in [-0.2, -0.15) is 5.10 Å². The smallest absolute Gasteiger partial charge is 0.178 e. The van der Waals surface area contributed by atoms with Gasteiger partial charge in [0.05, 0.1) is 5.52 Å². The van der Waals surface area contributed by atoms with Gasteiger partial charge in [0.2, 0.25) is 0 Å². The summed E-state index contributed by atoms with van der Waals surface area (Å²) in [6, 6.07) is 9.67. The van der Waals surface area contributed by atoms with E-state index in [1.165, 1.54) is 0 Å². The normalized spacial score (nSPS) is 17.4. The first-order valence-electron chi connectivity index (χ1n) is 9.43. The van der Waals surface area contributed by atoms with Gasteiger partial charge < -0.3 is 9.84 Å². The lowest BCUT2D eigenvalue weighted by Crippen LogP contribution is -2.39. The molecule has 0 spiro atoms. The maximum absolute atomic E-state index is 14.0. The predicted molar refractivity (Wildman–Crippen MR) is 105 cm³/mol. The highest BCUT2D eigenvalue weighted by Crippen LogP contribution is 2.29. The number of aromatic amines is 1. The van der Waals surface area contributed by atoms with Crippen LogP contribution in [-0.4, -0.2) is 44.0 Å². The highest BCUT2D eigenvalue weighted by molar-refractivity contribution is 5.89. The maximum Gasteiger partial charge on any atom is 0.178 e. The second-order valence-electron chi connectivity index (χ2n) is 7.63. The zero-order valence-electron chi connectivity index (χ0n) is 15.6. The molecule has 0 amide bonds. The maximum atomic E-state index is 14.0. The Balaban J connectivity index is 1.35. The highest BCUT2D eigenvalue weighted by Gasteiger charge is 2.29. The molecule has 0 atom stereocenters. The number of piperidine rings is 1. The van der Waals surface area contributed by atoms with E-state index >= 15 is 0 Å². The number of hydrogen-bond donors (Lipinski definition) is 2. The minimum absolute atomic E-state index is 0.558. The van der Waals surface area contributed by atoms with E-state index in [1.54, 1.807) is 13.1 Å². The molecule has 4 heterocycles. The summed E-state index contributed by atoms with van der Waals surface area (Å²) in [5, 5.41) is 15.7. The number of nitrogens with zero attached hydrogens (tertiary/aromatic N) is 4. The molecule has 144 valence electrons. The molecule has 3 aromatic heterocycles. The average molecular weight is 380 g/mol. The molecule has 1 aliphatic rings. The van der Waals surface area contributed by atoms with E-state index in [9.17, 15) is 4.39 Å². The molecule has 0 bridgehead atoms. The lowest BCUT2D eigenvalue weighted by Gasteiger charge is -2.33. The van der Waals surface area contributed by atoms with E-state index in [4.69, 9.17) is 4.52 Å². The van der Waals surface area contributed by atoms with Crippen LogP contribution in [0.4, 0.5) is 15.9 Å². The van der Waals surface area contributed by atoms with Gasteiger partial charge in [0, 0.05) is 43.0 Å². The number of benzene rings is 1. The van der Waals surface area contributed by atoms with Crippen molar-refractivity contribution in [3.05, 3.63) is 42.2 Å². The number of anilines is 2. The summed E-state index contributed by atoms with van der Waals surface area (Å²) in [6.07, 6.45) is 2.85. The number of H-pyrrole nitrogens is 1. The third-order valence-corrected chi connectivity index (χ3v) is 5.40. The molecular weight excluding hydrogens is 359 g/mol. The molecule has 4 aromatic rings. The van der Waals surface area contributed by atoms with Gasteiger partial charge in [-0.05, 0) is 44.0 Å². The second-order valence-corrected chi connectivity index (χ2v) is 7.63.